The summed E-state index contributed by atoms with van der Waals surface area (Å²) >= 11 is 3.28. The fraction of sp³-hybridized carbons (Fsp3) is 0.528. The van der Waals surface area contributed by atoms with E-state index in [2.05, 4.69) is 26.6 Å². The van der Waals surface area contributed by atoms with Gasteiger partial charge in [0.2, 0.25) is 11.8 Å². The number of benzene rings is 2. The fourth-order valence-electron chi connectivity index (χ4n) is 7.41. The van der Waals surface area contributed by atoms with Crippen LogP contribution in [-0.4, -0.2) is 67.3 Å². The van der Waals surface area contributed by atoms with Crippen LogP contribution in [0.25, 0.3) is 0 Å². The molecule has 2 aromatic carbocycles. The minimum Gasteiger partial charge on any atom is -0.446 e. The molecular formula is C36H43BrF2N3O8PS. The van der Waals surface area contributed by atoms with E-state index in [0.717, 1.165) is 50.7 Å². The van der Waals surface area contributed by atoms with E-state index in [9.17, 15) is 36.1 Å². The van der Waals surface area contributed by atoms with Gasteiger partial charge in [0.15, 0.2) is 0 Å². The van der Waals surface area contributed by atoms with Gasteiger partial charge in [-0.15, -0.1) is 0 Å². The highest BCUT2D eigenvalue weighted by Gasteiger charge is 2.59. The summed E-state index contributed by atoms with van der Waals surface area (Å²) in [7, 11) is -7.25. The summed E-state index contributed by atoms with van der Waals surface area (Å²) < 4.78 is 81.8. The van der Waals surface area contributed by atoms with Gasteiger partial charge in [-0.3, -0.25) is 13.8 Å². The van der Waals surface area contributed by atoms with Crippen molar-refractivity contribution in [2.75, 3.05) is 6.54 Å². The van der Waals surface area contributed by atoms with E-state index < -0.39 is 77.1 Å². The molecule has 282 valence electrons. The number of nitrogens with one attached hydrogen (secondary N) is 2. The number of hydrogen-bond donors (Lipinski definition) is 2. The van der Waals surface area contributed by atoms with E-state index in [1.54, 1.807) is 12.1 Å². The smallest absolute Gasteiger partial charge is 0.408 e. The van der Waals surface area contributed by atoms with Gasteiger partial charge in [0.05, 0.1) is 16.3 Å². The summed E-state index contributed by atoms with van der Waals surface area (Å²) in [6.45, 7) is -0.283. The molecule has 3 amide bonds. The number of hydrogen-bond acceptors (Lipinski definition) is 8. The molecule has 2 aliphatic heterocycles. The normalized spacial score (nSPS) is 28.5. The molecule has 2 N–H and O–H groups in total. The molecule has 6 rings (SSSR count). The lowest BCUT2D eigenvalue weighted by Gasteiger charge is -2.30. The number of amides is 3. The van der Waals surface area contributed by atoms with E-state index in [1.807, 2.05) is 12.2 Å². The number of fused-ring (bicyclic) bond motifs is 2. The molecule has 1 unspecified atom stereocenters. The Morgan fingerprint density at radius 1 is 1.00 bits per heavy atom. The van der Waals surface area contributed by atoms with Gasteiger partial charge in [-0.25, -0.2) is 13.6 Å². The molecule has 1 saturated heterocycles. The van der Waals surface area contributed by atoms with Crippen molar-refractivity contribution in [3.05, 3.63) is 76.3 Å². The fourth-order valence-corrected chi connectivity index (χ4v) is 10.9. The second kappa shape index (κ2) is 16.5. The van der Waals surface area contributed by atoms with Gasteiger partial charge in [-0.1, -0.05) is 47.0 Å². The van der Waals surface area contributed by atoms with Gasteiger partial charge < -0.3 is 24.8 Å². The molecule has 2 aromatic rings. The molecule has 0 aromatic heterocycles. The van der Waals surface area contributed by atoms with Crippen molar-refractivity contribution in [3.8, 4) is 0 Å². The van der Waals surface area contributed by atoms with Crippen molar-refractivity contribution in [1.82, 2.24) is 15.5 Å². The lowest BCUT2D eigenvalue weighted by atomic mass is 10.0. The molecule has 6 atom stereocenters. The predicted octanol–water partition coefficient (Wildman–Crippen LogP) is 6.55. The molecule has 11 nitrogen and oxygen atoms in total. The molecule has 16 heteroatoms. The van der Waals surface area contributed by atoms with Gasteiger partial charge in [-0.05, 0) is 87.8 Å². The van der Waals surface area contributed by atoms with Crippen molar-refractivity contribution in [1.29, 1.82) is 0 Å². The Bertz CT molecular complexity index is 1810. The third-order valence-electron chi connectivity index (χ3n) is 10.4. The number of allylic oxidation sites excluding steroid dienone is 1. The lowest BCUT2D eigenvalue weighted by Crippen LogP contribution is -2.55. The molecule has 0 spiro atoms. The summed E-state index contributed by atoms with van der Waals surface area (Å²) in [6, 6.07) is 6.87. The van der Waals surface area contributed by atoms with Gasteiger partial charge >= 0.3 is 6.09 Å². The highest BCUT2D eigenvalue weighted by Crippen LogP contribution is 2.62. The van der Waals surface area contributed by atoms with Crippen LogP contribution < -0.4 is 10.6 Å². The van der Waals surface area contributed by atoms with Crippen LogP contribution in [-0.2, 0) is 39.4 Å². The maximum atomic E-state index is 14.6. The van der Waals surface area contributed by atoms with Gasteiger partial charge in [-0.2, -0.15) is 8.42 Å². The Kier molecular flexibility index (Phi) is 12.2. The van der Waals surface area contributed by atoms with Crippen LogP contribution in [0.15, 0.2) is 64.0 Å². The Morgan fingerprint density at radius 3 is 2.40 bits per heavy atom. The van der Waals surface area contributed by atoms with Crippen LogP contribution in [0.2, 0.25) is 0 Å². The standard InChI is InChI=1S/C36H43BrF2N3O8PS/c37-24-15-17-27(18-16-24)52(47,48)50-26-19-32-33(43)41-36(51(46)22-28-29(38)12-8-13-30(28)39)20-23(36)9-4-2-1-3-5-14-31(34(44)42(32)21-26)40-35(45)49-25-10-6-7-11-25/h4,8-9,12-13,15-18,23,25-26,31-32,51H,1-3,5-7,10-11,14,19-22H2,(H,40,45)(H,41,43)/b9-4-/t23-,26+,31+,32+,36+/m1/s1. The molecule has 2 heterocycles. The SMILES string of the molecule is O=C(N[C@H]1CCCCC/C=C\[C@@H]2C[C@@]2([PH](=O)Cc2c(F)cccc2F)NC(=O)[C@@H]2C[C@H](OS(=O)(=O)c3ccc(Br)cc3)CN2C1=O)OC1CCCC1. The van der Waals surface area contributed by atoms with Crippen molar-refractivity contribution in [2.24, 2.45) is 5.92 Å². The molecule has 0 radical (unpaired) electrons. The van der Waals surface area contributed by atoms with Crippen LogP contribution in [0.3, 0.4) is 0 Å². The average Bonchev–Trinajstić information content (AvgIpc) is 3.37. The predicted molar refractivity (Wildman–Crippen MR) is 192 cm³/mol. The summed E-state index contributed by atoms with van der Waals surface area (Å²) in [5.74, 6) is -3.36. The first kappa shape index (κ1) is 38.6. The van der Waals surface area contributed by atoms with Gasteiger partial charge in [0.1, 0.15) is 37.6 Å². The molecular weight excluding hydrogens is 783 g/mol. The third kappa shape index (κ3) is 8.97. The second-order valence-electron chi connectivity index (χ2n) is 14.0. The Morgan fingerprint density at radius 2 is 1.69 bits per heavy atom. The summed E-state index contributed by atoms with van der Waals surface area (Å²) in [5.41, 5.74) is -0.330. The number of nitrogens with zero attached hydrogens (tertiary/aromatic N) is 1. The average molecular weight is 827 g/mol. The first-order valence-electron chi connectivity index (χ1n) is 17.8. The molecule has 2 aliphatic carbocycles. The van der Waals surface area contributed by atoms with Crippen molar-refractivity contribution in [3.63, 3.8) is 0 Å². The molecule has 3 fully saturated rings. The van der Waals surface area contributed by atoms with Crippen LogP contribution in [0.4, 0.5) is 13.6 Å². The number of carbonyl (C=O) groups is 3. The summed E-state index contributed by atoms with van der Waals surface area (Å²) in [5, 5.41) is 4.29. The van der Waals surface area contributed by atoms with Gasteiger partial charge in [0.25, 0.3) is 10.1 Å². The number of alkyl carbamates (subject to hydrolysis) is 1. The van der Waals surface area contributed by atoms with E-state index in [1.165, 1.54) is 23.1 Å². The van der Waals surface area contributed by atoms with Gasteiger partial charge in [0, 0.05) is 35.1 Å². The van der Waals surface area contributed by atoms with Crippen LogP contribution >= 0.6 is 23.7 Å². The minimum absolute atomic E-state index is 0.115. The Hall–Kier alpha value is -3.13. The number of rotatable bonds is 8. The highest BCUT2D eigenvalue weighted by molar-refractivity contribution is 9.10. The third-order valence-corrected chi connectivity index (χ3v) is 14.6. The van der Waals surface area contributed by atoms with E-state index in [4.69, 9.17) is 8.92 Å². The quantitative estimate of drug-likeness (QED) is 0.173. The number of ether oxygens (including phenoxy) is 1. The van der Waals surface area contributed by atoms with Crippen LogP contribution in [0, 0.1) is 17.6 Å². The van der Waals surface area contributed by atoms with E-state index in [-0.39, 0.29) is 48.3 Å². The van der Waals surface area contributed by atoms with Crippen LogP contribution in [0.5, 0.6) is 0 Å². The van der Waals surface area contributed by atoms with E-state index >= 15 is 0 Å². The summed E-state index contributed by atoms with van der Waals surface area (Å²) in [4.78, 5) is 42.7. The van der Waals surface area contributed by atoms with Crippen molar-refractivity contribution < 1.29 is 45.1 Å². The Balaban J connectivity index is 1.29. The zero-order chi connectivity index (χ0) is 37.0. The monoisotopic (exact) mass is 825 g/mol. The minimum atomic E-state index is -4.32. The lowest BCUT2D eigenvalue weighted by molar-refractivity contribution is -0.140. The second-order valence-corrected chi connectivity index (χ2v) is 18.6. The zero-order valence-electron chi connectivity index (χ0n) is 28.5. The highest BCUT2D eigenvalue weighted by atomic mass is 79.9. The maximum absolute atomic E-state index is 14.6. The molecule has 0 bridgehead atoms. The first-order valence-corrected chi connectivity index (χ1v) is 21.6. The van der Waals surface area contributed by atoms with Crippen molar-refractivity contribution >= 4 is 51.8 Å². The Labute approximate surface area is 311 Å². The number of carbonyl (C=O) groups excluding carboxylic acids is 3. The maximum Gasteiger partial charge on any atom is 0.408 e. The molecule has 4 aliphatic rings. The molecule has 2 saturated carbocycles. The van der Waals surface area contributed by atoms with E-state index in [0.29, 0.717) is 17.3 Å². The van der Waals surface area contributed by atoms with Crippen molar-refractivity contribution in [2.45, 2.75) is 111 Å². The molecule has 52 heavy (non-hydrogen) atoms. The zero-order valence-corrected chi connectivity index (χ0v) is 31.9. The topological polar surface area (TPSA) is 148 Å². The summed E-state index contributed by atoms with van der Waals surface area (Å²) in [6.07, 6.45) is 7.66. The first-order chi connectivity index (χ1) is 24.9. The largest absolute Gasteiger partial charge is 0.446 e. The number of halogens is 3. The van der Waals surface area contributed by atoms with Crippen LogP contribution in [0.1, 0.15) is 76.2 Å².